The Morgan fingerprint density at radius 1 is 1.38 bits per heavy atom. The fourth-order valence-corrected chi connectivity index (χ4v) is 2.73. The molecule has 24 heavy (non-hydrogen) atoms. The normalized spacial score (nSPS) is 21.5. The number of benzene rings is 1. The van der Waals surface area contributed by atoms with Crippen LogP contribution in [0.25, 0.3) is 0 Å². The molecule has 1 aromatic carbocycles. The lowest BCUT2D eigenvalue weighted by Crippen LogP contribution is -2.51. The van der Waals surface area contributed by atoms with E-state index in [0.717, 1.165) is 5.56 Å². The van der Waals surface area contributed by atoms with Crippen molar-refractivity contribution < 1.29 is 19.4 Å². The molecule has 0 bridgehead atoms. The van der Waals surface area contributed by atoms with Gasteiger partial charge in [-0.05, 0) is 37.8 Å². The van der Waals surface area contributed by atoms with Crippen LogP contribution in [0.2, 0.25) is 0 Å². The molecule has 132 valence electrons. The summed E-state index contributed by atoms with van der Waals surface area (Å²) >= 11 is 0. The third kappa shape index (κ3) is 5.04. The second-order valence-electron chi connectivity index (χ2n) is 6.69. The Morgan fingerprint density at radius 2 is 2.12 bits per heavy atom. The Hall–Kier alpha value is -1.92. The Balaban J connectivity index is 2.04. The number of carbonyl (C=O) groups excluding carboxylic acids is 2. The van der Waals surface area contributed by atoms with Gasteiger partial charge in [0.05, 0.1) is 12.6 Å². The predicted molar refractivity (Wildman–Crippen MR) is 90.4 cm³/mol. The topological polar surface area (TPSA) is 87.7 Å². The maximum Gasteiger partial charge on any atom is 0.251 e. The zero-order chi connectivity index (χ0) is 17.7. The second kappa shape index (κ2) is 8.26. The van der Waals surface area contributed by atoms with Gasteiger partial charge in [-0.3, -0.25) is 9.59 Å². The molecule has 3 atom stereocenters. The molecule has 1 aromatic rings. The summed E-state index contributed by atoms with van der Waals surface area (Å²) in [6.07, 6.45) is 0.0985. The van der Waals surface area contributed by atoms with E-state index in [0.29, 0.717) is 25.0 Å². The van der Waals surface area contributed by atoms with Gasteiger partial charge in [0.25, 0.3) is 5.91 Å². The van der Waals surface area contributed by atoms with E-state index in [1.54, 1.807) is 12.1 Å². The molecule has 2 amide bonds. The number of aliphatic hydroxyl groups excluding tert-OH is 1. The highest BCUT2D eigenvalue weighted by Gasteiger charge is 2.31. The van der Waals surface area contributed by atoms with E-state index in [1.807, 2.05) is 32.9 Å². The monoisotopic (exact) mass is 334 g/mol. The van der Waals surface area contributed by atoms with Gasteiger partial charge in [-0.25, -0.2) is 0 Å². The number of nitrogens with one attached hydrogen (secondary N) is 2. The third-order valence-electron chi connectivity index (χ3n) is 4.00. The molecular weight excluding hydrogens is 308 g/mol. The van der Waals surface area contributed by atoms with Crippen molar-refractivity contribution in [1.82, 2.24) is 10.6 Å². The summed E-state index contributed by atoms with van der Waals surface area (Å²) in [5, 5.41) is 15.2. The van der Waals surface area contributed by atoms with E-state index in [-0.39, 0.29) is 17.7 Å². The average Bonchev–Trinajstić information content (AvgIpc) is 2.91. The Kier molecular flexibility index (Phi) is 6.34. The van der Waals surface area contributed by atoms with Crippen LogP contribution in [0.1, 0.15) is 42.6 Å². The summed E-state index contributed by atoms with van der Waals surface area (Å²) in [6, 6.07) is 6.16. The smallest absolute Gasteiger partial charge is 0.251 e. The maximum atomic E-state index is 12.5. The Morgan fingerprint density at radius 3 is 2.71 bits per heavy atom. The highest BCUT2D eigenvalue weighted by Crippen LogP contribution is 2.13. The molecule has 0 aliphatic carbocycles. The van der Waals surface area contributed by atoms with Crippen molar-refractivity contribution in [2.75, 3.05) is 6.61 Å². The van der Waals surface area contributed by atoms with Crippen molar-refractivity contribution in [1.29, 1.82) is 0 Å². The number of hydrogen-bond acceptors (Lipinski definition) is 4. The summed E-state index contributed by atoms with van der Waals surface area (Å²) in [5.41, 5.74) is 1.51. The van der Waals surface area contributed by atoms with Crippen LogP contribution in [0.15, 0.2) is 24.3 Å². The lowest BCUT2D eigenvalue weighted by atomic mass is 10.0. The first-order valence-electron chi connectivity index (χ1n) is 8.34. The van der Waals surface area contributed by atoms with Crippen molar-refractivity contribution in [2.24, 2.45) is 5.92 Å². The van der Waals surface area contributed by atoms with E-state index in [4.69, 9.17) is 4.74 Å². The molecule has 2 unspecified atom stereocenters. The van der Waals surface area contributed by atoms with Gasteiger partial charge in [-0.2, -0.15) is 0 Å². The van der Waals surface area contributed by atoms with E-state index >= 15 is 0 Å². The van der Waals surface area contributed by atoms with E-state index in [2.05, 4.69) is 10.6 Å². The molecule has 0 saturated carbocycles. The SMILES string of the molecule is Cc1cccc(C(=O)NC(CC(C)C)C(=O)N[C@H]2CCOC2O)c1. The van der Waals surface area contributed by atoms with Crippen LogP contribution in [0.5, 0.6) is 0 Å². The van der Waals surface area contributed by atoms with E-state index in [9.17, 15) is 14.7 Å². The molecule has 1 fully saturated rings. The zero-order valence-corrected chi connectivity index (χ0v) is 14.4. The minimum absolute atomic E-state index is 0.239. The second-order valence-corrected chi connectivity index (χ2v) is 6.69. The average molecular weight is 334 g/mol. The molecule has 6 heteroatoms. The number of ether oxygens (including phenoxy) is 1. The minimum Gasteiger partial charge on any atom is -0.366 e. The molecule has 1 heterocycles. The summed E-state index contributed by atoms with van der Waals surface area (Å²) in [5.74, 6) is -0.328. The number of hydrogen-bond donors (Lipinski definition) is 3. The molecule has 1 aliphatic rings. The van der Waals surface area contributed by atoms with Crippen LogP contribution in [-0.4, -0.2) is 41.9 Å². The lowest BCUT2D eigenvalue weighted by molar-refractivity contribution is -0.127. The van der Waals surface area contributed by atoms with Gasteiger partial charge in [0.2, 0.25) is 5.91 Å². The van der Waals surface area contributed by atoms with Crippen LogP contribution >= 0.6 is 0 Å². The van der Waals surface area contributed by atoms with Crippen molar-refractivity contribution in [3.05, 3.63) is 35.4 Å². The first-order chi connectivity index (χ1) is 11.4. The first-order valence-corrected chi connectivity index (χ1v) is 8.34. The minimum atomic E-state index is -0.985. The summed E-state index contributed by atoms with van der Waals surface area (Å²) in [4.78, 5) is 25.0. The largest absolute Gasteiger partial charge is 0.366 e. The summed E-state index contributed by atoms with van der Waals surface area (Å²) in [6.45, 7) is 6.31. The van der Waals surface area contributed by atoms with Gasteiger partial charge in [0.1, 0.15) is 6.04 Å². The van der Waals surface area contributed by atoms with E-state index in [1.165, 1.54) is 0 Å². The molecule has 3 N–H and O–H groups in total. The van der Waals surface area contributed by atoms with Crippen LogP contribution in [-0.2, 0) is 9.53 Å². The number of aryl methyl sites for hydroxylation is 1. The Bertz CT molecular complexity index is 588. The van der Waals surface area contributed by atoms with Crippen molar-refractivity contribution >= 4 is 11.8 Å². The quantitative estimate of drug-likeness (QED) is 0.733. The fraction of sp³-hybridized carbons (Fsp3) is 0.556. The molecule has 6 nitrogen and oxygen atoms in total. The highest BCUT2D eigenvalue weighted by atomic mass is 16.6. The molecule has 1 saturated heterocycles. The maximum absolute atomic E-state index is 12.5. The van der Waals surface area contributed by atoms with Crippen LogP contribution in [0, 0.1) is 12.8 Å². The summed E-state index contributed by atoms with van der Waals surface area (Å²) < 4.78 is 5.04. The van der Waals surface area contributed by atoms with Crippen LogP contribution < -0.4 is 10.6 Å². The number of carbonyl (C=O) groups is 2. The third-order valence-corrected chi connectivity index (χ3v) is 4.00. The fourth-order valence-electron chi connectivity index (χ4n) is 2.73. The zero-order valence-electron chi connectivity index (χ0n) is 14.4. The molecular formula is C18H26N2O4. The van der Waals surface area contributed by atoms with Crippen molar-refractivity contribution in [2.45, 2.75) is 52.0 Å². The lowest BCUT2D eigenvalue weighted by Gasteiger charge is -2.23. The molecule has 0 radical (unpaired) electrons. The van der Waals surface area contributed by atoms with Crippen LogP contribution in [0.4, 0.5) is 0 Å². The van der Waals surface area contributed by atoms with Gasteiger partial charge < -0.3 is 20.5 Å². The van der Waals surface area contributed by atoms with E-state index < -0.39 is 18.4 Å². The van der Waals surface area contributed by atoms with Gasteiger partial charge in [0.15, 0.2) is 6.29 Å². The van der Waals surface area contributed by atoms with Crippen LogP contribution in [0.3, 0.4) is 0 Å². The van der Waals surface area contributed by atoms with Crippen molar-refractivity contribution in [3.8, 4) is 0 Å². The molecule has 0 aromatic heterocycles. The summed E-state index contributed by atoms with van der Waals surface area (Å²) in [7, 11) is 0. The van der Waals surface area contributed by atoms with Gasteiger partial charge >= 0.3 is 0 Å². The van der Waals surface area contributed by atoms with Crippen molar-refractivity contribution in [3.63, 3.8) is 0 Å². The first kappa shape index (κ1) is 18.4. The highest BCUT2D eigenvalue weighted by molar-refractivity contribution is 5.97. The predicted octanol–water partition coefficient (Wildman–Crippen LogP) is 1.36. The number of rotatable bonds is 6. The number of amides is 2. The number of aliphatic hydroxyl groups is 1. The van der Waals surface area contributed by atoms with Gasteiger partial charge in [-0.15, -0.1) is 0 Å². The van der Waals surface area contributed by atoms with Gasteiger partial charge in [0, 0.05) is 5.56 Å². The molecule has 2 rings (SSSR count). The van der Waals surface area contributed by atoms with Gasteiger partial charge in [-0.1, -0.05) is 31.5 Å². The standard InChI is InChI=1S/C18H26N2O4/c1-11(2)9-15(17(22)19-14-7-8-24-18(14)23)20-16(21)13-6-4-5-12(3)10-13/h4-6,10-11,14-15,18,23H,7-9H2,1-3H3,(H,19,22)(H,20,21)/t14-,15?,18?/m0/s1. The molecule has 1 aliphatic heterocycles. The Labute approximate surface area is 142 Å². The molecule has 0 spiro atoms.